The van der Waals surface area contributed by atoms with Crippen molar-refractivity contribution >= 4 is 57.6 Å². The predicted octanol–water partition coefficient (Wildman–Crippen LogP) is 5.68. The smallest absolute Gasteiger partial charge is 0.270 e. The van der Waals surface area contributed by atoms with Gasteiger partial charge >= 0.3 is 0 Å². The number of nitrogens with zero attached hydrogens (tertiary/aromatic N) is 1. The molecule has 178 valence electrons. The fraction of sp³-hybridized carbons (Fsp3) is 0.148. The molecule has 0 spiro atoms. The standard InChI is InChI=1S/C27H24N2O4S2/c1-3-18-8-4-6-10-22(18)28-25(30)17-33-23-11-7-5-9-19(23)16-24-26(31)29(27(34)35-24)20-12-14-21(32-2)15-13-20/h4-16H,3,17H2,1-2H3,(H,28,30)/b24-16-. The van der Waals surface area contributed by atoms with Gasteiger partial charge in [-0.3, -0.25) is 14.5 Å². The van der Waals surface area contributed by atoms with Gasteiger partial charge in [0, 0.05) is 11.3 Å². The van der Waals surface area contributed by atoms with Crippen LogP contribution in [-0.4, -0.2) is 29.9 Å². The molecule has 0 bridgehead atoms. The minimum absolute atomic E-state index is 0.157. The first kappa shape index (κ1) is 24.5. The van der Waals surface area contributed by atoms with Crippen molar-refractivity contribution in [1.82, 2.24) is 0 Å². The first-order valence-electron chi connectivity index (χ1n) is 11.0. The van der Waals surface area contributed by atoms with Crippen molar-refractivity contribution in [2.45, 2.75) is 13.3 Å². The maximum absolute atomic E-state index is 13.1. The van der Waals surface area contributed by atoms with E-state index in [4.69, 9.17) is 21.7 Å². The van der Waals surface area contributed by atoms with Gasteiger partial charge in [0.1, 0.15) is 11.5 Å². The number of ether oxygens (including phenoxy) is 2. The molecule has 0 aromatic heterocycles. The number of thiocarbonyl (C=S) groups is 1. The van der Waals surface area contributed by atoms with Gasteiger partial charge in [0.05, 0.1) is 17.7 Å². The Kier molecular flexibility index (Phi) is 7.84. The molecule has 0 atom stereocenters. The second-order valence-corrected chi connectivity index (χ2v) is 9.28. The lowest BCUT2D eigenvalue weighted by Crippen LogP contribution is -2.27. The van der Waals surface area contributed by atoms with E-state index < -0.39 is 0 Å². The molecule has 0 radical (unpaired) electrons. The van der Waals surface area contributed by atoms with E-state index in [9.17, 15) is 9.59 Å². The number of nitrogens with one attached hydrogen (secondary N) is 1. The van der Waals surface area contributed by atoms with Gasteiger partial charge in [0.25, 0.3) is 11.8 Å². The predicted molar refractivity (Wildman–Crippen MR) is 145 cm³/mol. The van der Waals surface area contributed by atoms with Crippen molar-refractivity contribution in [2.24, 2.45) is 0 Å². The van der Waals surface area contributed by atoms with Crippen LogP contribution in [0, 0.1) is 0 Å². The fourth-order valence-electron chi connectivity index (χ4n) is 3.57. The monoisotopic (exact) mass is 504 g/mol. The van der Waals surface area contributed by atoms with E-state index in [1.54, 1.807) is 43.5 Å². The number of aryl methyl sites for hydroxylation is 1. The highest BCUT2D eigenvalue weighted by atomic mass is 32.2. The summed E-state index contributed by atoms with van der Waals surface area (Å²) in [6, 6.07) is 22.1. The third-order valence-electron chi connectivity index (χ3n) is 5.36. The normalized spacial score (nSPS) is 14.3. The molecule has 1 fully saturated rings. The van der Waals surface area contributed by atoms with Crippen molar-refractivity contribution in [2.75, 3.05) is 23.9 Å². The zero-order chi connectivity index (χ0) is 24.8. The Morgan fingerprint density at radius 3 is 2.51 bits per heavy atom. The molecule has 1 heterocycles. The van der Waals surface area contributed by atoms with Gasteiger partial charge in [-0.2, -0.15) is 0 Å². The molecule has 6 nitrogen and oxygen atoms in total. The Bertz CT molecular complexity index is 1290. The van der Waals surface area contributed by atoms with Crippen LogP contribution in [0.2, 0.25) is 0 Å². The number of hydrogen-bond donors (Lipinski definition) is 1. The number of amides is 2. The van der Waals surface area contributed by atoms with E-state index in [0.29, 0.717) is 32.0 Å². The second-order valence-electron chi connectivity index (χ2n) is 7.60. The molecule has 4 rings (SSSR count). The highest BCUT2D eigenvalue weighted by Gasteiger charge is 2.33. The van der Waals surface area contributed by atoms with Crippen molar-refractivity contribution in [3.63, 3.8) is 0 Å². The Balaban J connectivity index is 1.47. The molecule has 3 aromatic carbocycles. The van der Waals surface area contributed by atoms with E-state index >= 15 is 0 Å². The van der Waals surface area contributed by atoms with Crippen LogP contribution < -0.4 is 19.7 Å². The Hall–Kier alpha value is -3.62. The number of thioether (sulfide) groups is 1. The molecule has 1 saturated heterocycles. The van der Waals surface area contributed by atoms with Gasteiger partial charge < -0.3 is 14.8 Å². The molecular formula is C27H24N2O4S2. The summed E-state index contributed by atoms with van der Waals surface area (Å²) < 4.78 is 11.4. The number of benzene rings is 3. The molecule has 1 N–H and O–H groups in total. The van der Waals surface area contributed by atoms with E-state index in [2.05, 4.69) is 5.32 Å². The van der Waals surface area contributed by atoms with Gasteiger partial charge in [-0.15, -0.1) is 0 Å². The maximum atomic E-state index is 13.1. The minimum Gasteiger partial charge on any atom is -0.497 e. The second kappa shape index (κ2) is 11.2. The number of carbonyl (C=O) groups is 2. The van der Waals surface area contributed by atoms with Crippen molar-refractivity contribution < 1.29 is 19.1 Å². The Morgan fingerprint density at radius 1 is 1.06 bits per heavy atom. The summed E-state index contributed by atoms with van der Waals surface area (Å²) in [5.74, 6) is 0.726. The van der Waals surface area contributed by atoms with Crippen LogP contribution in [0.3, 0.4) is 0 Å². The average molecular weight is 505 g/mol. The maximum Gasteiger partial charge on any atom is 0.270 e. The number of carbonyl (C=O) groups excluding carboxylic acids is 2. The van der Waals surface area contributed by atoms with E-state index in [1.807, 2.05) is 49.4 Å². The third-order valence-corrected chi connectivity index (χ3v) is 6.66. The van der Waals surface area contributed by atoms with Gasteiger partial charge in [0.15, 0.2) is 10.9 Å². The summed E-state index contributed by atoms with van der Waals surface area (Å²) in [4.78, 5) is 27.6. The Labute approximate surface area is 213 Å². The molecule has 3 aromatic rings. The molecule has 1 aliphatic heterocycles. The summed E-state index contributed by atoms with van der Waals surface area (Å²) in [7, 11) is 1.59. The summed E-state index contributed by atoms with van der Waals surface area (Å²) in [6.45, 7) is 1.88. The highest BCUT2D eigenvalue weighted by Crippen LogP contribution is 2.37. The lowest BCUT2D eigenvalue weighted by molar-refractivity contribution is -0.118. The van der Waals surface area contributed by atoms with Gasteiger partial charge in [0.2, 0.25) is 0 Å². The van der Waals surface area contributed by atoms with Crippen LogP contribution in [-0.2, 0) is 16.0 Å². The number of para-hydroxylation sites is 2. The van der Waals surface area contributed by atoms with Gasteiger partial charge in [-0.1, -0.05) is 67.3 Å². The summed E-state index contributed by atoms with van der Waals surface area (Å²) in [5.41, 5.74) is 3.19. The molecule has 0 aliphatic carbocycles. The third kappa shape index (κ3) is 5.72. The van der Waals surface area contributed by atoms with E-state index in [-0.39, 0.29) is 18.4 Å². The van der Waals surface area contributed by atoms with E-state index in [0.717, 1.165) is 17.7 Å². The molecule has 2 amide bonds. The summed E-state index contributed by atoms with van der Waals surface area (Å²) in [5, 5.41) is 2.90. The lowest BCUT2D eigenvalue weighted by Gasteiger charge is -2.14. The number of hydrogen-bond acceptors (Lipinski definition) is 6. The summed E-state index contributed by atoms with van der Waals surface area (Å²) in [6.07, 6.45) is 2.55. The van der Waals surface area contributed by atoms with Crippen molar-refractivity contribution in [3.05, 3.63) is 88.8 Å². The topological polar surface area (TPSA) is 67.9 Å². The largest absolute Gasteiger partial charge is 0.497 e. The highest BCUT2D eigenvalue weighted by molar-refractivity contribution is 8.27. The number of rotatable bonds is 8. The molecule has 0 saturated carbocycles. The number of methoxy groups -OCH3 is 1. The quantitative estimate of drug-likeness (QED) is 0.314. The number of anilines is 2. The van der Waals surface area contributed by atoms with Gasteiger partial charge in [-0.25, -0.2) is 0 Å². The zero-order valence-electron chi connectivity index (χ0n) is 19.3. The van der Waals surface area contributed by atoms with Crippen LogP contribution in [0.15, 0.2) is 77.7 Å². The summed E-state index contributed by atoms with van der Waals surface area (Å²) >= 11 is 6.69. The first-order valence-corrected chi connectivity index (χ1v) is 12.2. The van der Waals surface area contributed by atoms with E-state index in [1.165, 1.54) is 16.7 Å². The zero-order valence-corrected chi connectivity index (χ0v) is 20.9. The van der Waals surface area contributed by atoms with Crippen LogP contribution in [0.25, 0.3) is 6.08 Å². The minimum atomic E-state index is -0.258. The van der Waals surface area contributed by atoms with Crippen LogP contribution in [0.1, 0.15) is 18.1 Å². The Morgan fingerprint density at radius 2 is 1.77 bits per heavy atom. The average Bonchev–Trinajstić information content (AvgIpc) is 3.16. The van der Waals surface area contributed by atoms with Crippen LogP contribution >= 0.6 is 24.0 Å². The van der Waals surface area contributed by atoms with Crippen molar-refractivity contribution in [3.8, 4) is 11.5 Å². The van der Waals surface area contributed by atoms with Crippen LogP contribution in [0.4, 0.5) is 11.4 Å². The SMILES string of the molecule is CCc1ccccc1NC(=O)COc1ccccc1/C=C1\SC(=S)N(c2ccc(OC)cc2)C1=O. The fourth-order valence-corrected chi connectivity index (χ4v) is 4.86. The molecule has 1 aliphatic rings. The molecule has 8 heteroatoms. The van der Waals surface area contributed by atoms with Crippen LogP contribution in [0.5, 0.6) is 11.5 Å². The molecular weight excluding hydrogens is 480 g/mol. The van der Waals surface area contributed by atoms with Crippen molar-refractivity contribution in [1.29, 1.82) is 0 Å². The molecule has 0 unspecified atom stereocenters. The first-order chi connectivity index (χ1) is 17.0. The lowest BCUT2D eigenvalue weighted by atomic mass is 10.1. The van der Waals surface area contributed by atoms with Gasteiger partial charge in [-0.05, 0) is 54.5 Å². The molecule has 35 heavy (non-hydrogen) atoms.